The number of aromatic nitrogens is 5. The second-order valence-corrected chi connectivity index (χ2v) is 5.95. The molecule has 25 heavy (non-hydrogen) atoms. The first kappa shape index (κ1) is 15.3. The van der Waals surface area contributed by atoms with Crippen molar-refractivity contribution in [2.75, 3.05) is 5.32 Å². The summed E-state index contributed by atoms with van der Waals surface area (Å²) in [6.07, 6.45) is 3.72. The molecule has 0 saturated heterocycles. The van der Waals surface area contributed by atoms with E-state index in [9.17, 15) is 0 Å². The van der Waals surface area contributed by atoms with Crippen LogP contribution in [0, 0.1) is 13.8 Å². The van der Waals surface area contributed by atoms with Gasteiger partial charge in [0, 0.05) is 19.4 Å². The number of nitrogens with one attached hydrogen (secondary N) is 1. The molecule has 0 aliphatic carbocycles. The van der Waals surface area contributed by atoms with Gasteiger partial charge in [-0.2, -0.15) is 4.98 Å². The zero-order valence-corrected chi connectivity index (χ0v) is 14.3. The molecule has 0 aliphatic rings. The number of imidazole rings is 1. The van der Waals surface area contributed by atoms with Gasteiger partial charge in [0.05, 0.1) is 5.69 Å². The summed E-state index contributed by atoms with van der Waals surface area (Å²) in [6, 6.07) is 10.00. The zero-order valence-electron chi connectivity index (χ0n) is 14.3. The van der Waals surface area contributed by atoms with E-state index in [1.807, 2.05) is 49.9 Å². The van der Waals surface area contributed by atoms with E-state index in [-0.39, 0.29) is 6.04 Å². The summed E-state index contributed by atoms with van der Waals surface area (Å²) in [7, 11) is 1.98. The molecule has 0 aliphatic heterocycles. The molecular weight excluding hydrogens is 316 g/mol. The number of aryl methyl sites for hydroxylation is 3. The van der Waals surface area contributed by atoms with Crippen molar-refractivity contribution in [3.05, 3.63) is 65.6 Å². The van der Waals surface area contributed by atoms with E-state index in [2.05, 4.69) is 37.6 Å². The normalized spacial score (nSPS) is 12.4. The monoisotopic (exact) mass is 334 g/mol. The Morgan fingerprint density at radius 2 is 1.92 bits per heavy atom. The Kier molecular flexibility index (Phi) is 3.68. The lowest BCUT2D eigenvalue weighted by Crippen LogP contribution is -2.18. The zero-order chi connectivity index (χ0) is 17.4. The van der Waals surface area contributed by atoms with Crippen molar-refractivity contribution in [1.29, 1.82) is 0 Å². The van der Waals surface area contributed by atoms with Gasteiger partial charge in [-0.05, 0) is 19.4 Å². The van der Waals surface area contributed by atoms with Crippen LogP contribution in [-0.4, -0.2) is 24.7 Å². The van der Waals surface area contributed by atoms with Crippen molar-refractivity contribution in [2.24, 2.45) is 7.05 Å². The Bertz CT molecular complexity index is 1020. The molecule has 3 aromatic heterocycles. The number of anilines is 1. The molecule has 4 rings (SSSR count). The highest BCUT2D eigenvalue weighted by Crippen LogP contribution is 2.30. The smallest absolute Gasteiger partial charge is 0.263 e. The van der Waals surface area contributed by atoms with E-state index >= 15 is 0 Å². The van der Waals surface area contributed by atoms with Crippen molar-refractivity contribution in [3.63, 3.8) is 0 Å². The molecule has 7 heteroatoms. The standard InChI is InChI=1S/C18H18N6O/c1-11-14-16(20-12(2)21-18(14)25-23-11)22-15(13-7-5-4-6-8-13)17-19-9-10-24(17)3/h4-10,15H,1-3H3,(H,20,21,22)/t15-/m0/s1. The quantitative estimate of drug-likeness (QED) is 0.617. The molecular formula is C18H18N6O. The molecule has 4 aromatic rings. The van der Waals surface area contributed by atoms with Gasteiger partial charge >= 0.3 is 0 Å². The fourth-order valence-electron chi connectivity index (χ4n) is 2.94. The van der Waals surface area contributed by atoms with Gasteiger partial charge in [0.1, 0.15) is 28.9 Å². The Hall–Kier alpha value is -3.22. The SMILES string of the molecule is Cc1nc(N[C@@H](c2ccccc2)c2nccn2C)c2c(C)noc2n1. The van der Waals surface area contributed by atoms with Gasteiger partial charge in [0.15, 0.2) is 0 Å². The maximum absolute atomic E-state index is 5.31. The van der Waals surface area contributed by atoms with E-state index in [4.69, 9.17) is 4.52 Å². The Labute approximate surface area is 144 Å². The molecule has 0 unspecified atom stereocenters. The predicted octanol–water partition coefficient (Wildman–Crippen LogP) is 3.17. The highest BCUT2D eigenvalue weighted by Gasteiger charge is 2.22. The van der Waals surface area contributed by atoms with Crippen LogP contribution in [0.2, 0.25) is 0 Å². The lowest BCUT2D eigenvalue weighted by atomic mass is 10.1. The summed E-state index contributed by atoms with van der Waals surface area (Å²) >= 11 is 0. The van der Waals surface area contributed by atoms with Crippen LogP contribution in [0.4, 0.5) is 5.82 Å². The van der Waals surface area contributed by atoms with E-state index in [0.717, 1.165) is 22.5 Å². The summed E-state index contributed by atoms with van der Waals surface area (Å²) in [6.45, 7) is 3.72. The van der Waals surface area contributed by atoms with Gasteiger partial charge in [-0.3, -0.25) is 0 Å². The summed E-state index contributed by atoms with van der Waals surface area (Å²) in [5.74, 6) is 2.21. The Morgan fingerprint density at radius 1 is 1.12 bits per heavy atom. The first-order chi connectivity index (χ1) is 12.1. The van der Waals surface area contributed by atoms with Gasteiger partial charge in [0.2, 0.25) is 0 Å². The van der Waals surface area contributed by atoms with Crippen molar-refractivity contribution in [1.82, 2.24) is 24.7 Å². The molecule has 0 radical (unpaired) electrons. The lowest BCUT2D eigenvalue weighted by Gasteiger charge is -2.20. The molecule has 0 fully saturated rings. The van der Waals surface area contributed by atoms with E-state index in [1.165, 1.54) is 0 Å². The summed E-state index contributed by atoms with van der Waals surface area (Å²) in [4.78, 5) is 13.4. The van der Waals surface area contributed by atoms with Gasteiger partial charge in [0.25, 0.3) is 5.71 Å². The lowest BCUT2D eigenvalue weighted by molar-refractivity contribution is 0.442. The molecule has 0 saturated carbocycles. The molecule has 0 bridgehead atoms. The van der Waals surface area contributed by atoms with Crippen LogP contribution in [0.3, 0.4) is 0 Å². The summed E-state index contributed by atoms with van der Waals surface area (Å²) in [5.41, 5.74) is 2.33. The van der Waals surface area contributed by atoms with Gasteiger partial charge in [-0.1, -0.05) is 35.5 Å². The number of hydrogen-bond donors (Lipinski definition) is 1. The number of benzene rings is 1. The van der Waals surface area contributed by atoms with Crippen molar-refractivity contribution >= 4 is 16.9 Å². The van der Waals surface area contributed by atoms with Gasteiger partial charge in [-0.15, -0.1) is 0 Å². The maximum Gasteiger partial charge on any atom is 0.263 e. The molecule has 3 heterocycles. The average Bonchev–Trinajstić information content (AvgIpc) is 3.19. The van der Waals surface area contributed by atoms with E-state index in [1.54, 1.807) is 6.20 Å². The minimum absolute atomic E-state index is 0.159. The van der Waals surface area contributed by atoms with E-state index < -0.39 is 0 Å². The largest absolute Gasteiger partial charge is 0.355 e. The van der Waals surface area contributed by atoms with Crippen LogP contribution in [0.25, 0.3) is 11.1 Å². The average molecular weight is 334 g/mol. The molecule has 0 spiro atoms. The van der Waals surface area contributed by atoms with Gasteiger partial charge in [-0.25, -0.2) is 9.97 Å². The highest BCUT2D eigenvalue weighted by molar-refractivity contribution is 5.87. The van der Waals surface area contributed by atoms with Crippen LogP contribution in [0.5, 0.6) is 0 Å². The van der Waals surface area contributed by atoms with E-state index in [0.29, 0.717) is 17.4 Å². The molecule has 126 valence electrons. The van der Waals surface area contributed by atoms with Crippen molar-refractivity contribution in [2.45, 2.75) is 19.9 Å². The molecule has 7 nitrogen and oxygen atoms in total. The summed E-state index contributed by atoms with van der Waals surface area (Å²) < 4.78 is 7.31. The molecule has 1 atom stereocenters. The van der Waals surface area contributed by atoms with Crippen LogP contribution in [0.15, 0.2) is 47.2 Å². The number of fused-ring (bicyclic) bond motifs is 1. The van der Waals surface area contributed by atoms with Crippen molar-refractivity contribution in [3.8, 4) is 0 Å². The van der Waals surface area contributed by atoms with Crippen LogP contribution in [0.1, 0.15) is 28.9 Å². The van der Waals surface area contributed by atoms with Crippen LogP contribution in [-0.2, 0) is 7.05 Å². The first-order valence-electron chi connectivity index (χ1n) is 8.03. The minimum atomic E-state index is -0.159. The summed E-state index contributed by atoms with van der Waals surface area (Å²) in [5, 5.41) is 8.33. The highest BCUT2D eigenvalue weighted by atomic mass is 16.5. The molecule has 1 N–H and O–H groups in total. The Balaban J connectivity index is 1.85. The number of hydrogen-bond acceptors (Lipinski definition) is 6. The minimum Gasteiger partial charge on any atom is -0.355 e. The fraction of sp³-hybridized carbons (Fsp3) is 0.222. The third kappa shape index (κ3) is 2.73. The second kappa shape index (κ2) is 6.01. The molecule has 1 aromatic carbocycles. The Morgan fingerprint density at radius 3 is 2.64 bits per heavy atom. The van der Waals surface area contributed by atoms with Crippen LogP contribution >= 0.6 is 0 Å². The third-order valence-electron chi connectivity index (χ3n) is 4.15. The van der Waals surface area contributed by atoms with Gasteiger partial charge < -0.3 is 14.4 Å². The first-order valence-corrected chi connectivity index (χ1v) is 8.03. The fourth-order valence-corrected chi connectivity index (χ4v) is 2.94. The van der Waals surface area contributed by atoms with Crippen molar-refractivity contribution < 1.29 is 4.52 Å². The predicted molar refractivity (Wildman–Crippen MR) is 94.2 cm³/mol. The second-order valence-electron chi connectivity index (χ2n) is 5.95. The molecule has 0 amide bonds. The third-order valence-corrected chi connectivity index (χ3v) is 4.15. The maximum atomic E-state index is 5.31. The number of nitrogens with zero attached hydrogens (tertiary/aromatic N) is 5. The topological polar surface area (TPSA) is 81.7 Å². The van der Waals surface area contributed by atoms with Crippen LogP contribution < -0.4 is 5.32 Å². The number of rotatable bonds is 4.